The summed E-state index contributed by atoms with van der Waals surface area (Å²) in [6.45, 7) is 6.11. The van der Waals surface area contributed by atoms with Crippen LogP contribution in [0.5, 0.6) is 0 Å². The number of aliphatic hydroxyl groups is 1. The monoisotopic (exact) mass is 367 g/mol. The minimum Gasteiger partial charge on any atom is -0.507 e. The molecule has 1 amide bonds. The van der Waals surface area contributed by atoms with Crippen LogP contribution in [0.3, 0.4) is 0 Å². The van der Waals surface area contributed by atoms with Gasteiger partial charge in [0, 0.05) is 12.1 Å². The van der Waals surface area contributed by atoms with Crippen LogP contribution in [0.15, 0.2) is 54.1 Å². The second-order valence-corrected chi connectivity index (χ2v) is 7.27. The first-order chi connectivity index (χ1) is 12.8. The van der Waals surface area contributed by atoms with Crippen molar-refractivity contribution in [3.63, 3.8) is 0 Å². The third-order valence-electron chi connectivity index (χ3n) is 4.59. The number of hydrogen-bond acceptors (Lipinski definition) is 3. The highest BCUT2D eigenvalue weighted by Gasteiger charge is 2.46. The molecule has 2 aromatic carbocycles. The Hall–Kier alpha value is -2.95. The molecule has 140 valence electrons. The maximum absolute atomic E-state index is 13.8. The van der Waals surface area contributed by atoms with E-state index in [1.165, 1.54) is 23.1 Å². The fourth-order valence-corrected chi connectivity index (χ4v) is 3.35. The Balaban J connectivity index is 2.19. The van der Waals surface area contributed by atoms with E-state index in [0.717, 1.165) is 5.56 Å². The highest BCUT2D eigenvalue weighted by atomic mass is 19.1. The van der Waals surface area contributed by atoms with Gasteiger partial charge in [-0.3, -0.25) is 9.59 Å². The number of Topliss-reactive ketones (excluding diaryl/α,β-unsaturated/α-hetero) is 1. The maximum atomic E-state index is 13.8. The van der Waals surface area contributed by atoms with Crippen molar-refractivity contribution in [3.05, 3.63) is 76.6 Å². The molecule has 1 atom stereocenters. The summed E-state index contributed by atoms with van der Waals surface area (Å²) in [5.74, 6) is -2.01. The standard InChI is InChI=1S/C22H22FNO3/c1-13(2)12-24-19(16-5-4-6-17(23)11-16)18(21(26)22(24)27)20(25)15-9-7-14(3)8-10-15/h4-11,13,19,25H,12H2,1-3H3/t19-/m0/s1. The van der Waals surface area contributed by atoms with Gasteiger partial charge in [-0.2, -0.15) is 0 Å². The SMILES string of the molecule is Cc1ccc(C(O)=C2C(=O)C(=O)N(CC(C)C)[C@H]2c2cccc(F)c2)cc1. The summed E-state index contributed by atoms with van der Waals surface area (Å²) >= 11 is 0. The van der Waals surface area contributed by atoms with Crippen molar-refractivity contribution in [2.75, 3.05) is 6.54 Å². The number of hydrogen-bond donors (Lipinski definition) is 1. The van der Waals surface area contributed by atoms with Crippen molar-refractivity contribution < 1.29 is 19.1 Å². The predicted octanol–water partition coefficient (Wildman–Crippen LogP) is 4.21. The predicted molar refractivity (Wildman–Crippen MR) is 101 cm³/mol. The quantitative estimate of drug-likeness (QED) is 0.500. The maximum Gasteiger partial charge on any atom is 0.295 e. The zero-order valence-corrected chi connectivity index (χ0v) is 15.6. The smallest absolute Gasteiger partial charge is 0.295 e. The Kier molecular flexibility index (Phi) is 5.13. The number of nitrogens with zero attached hydrogens (tertiary/aromatic N) is 1. The number of halogens is 1. The fraction of sp³-hybridized carbons (Fsp3) is 0.273. The van der Waals surface area contributed by atoms with Crippen LogP contribution < -0.4 is 0 Å². The lowest BCUT2D eigenvalue weighted by molar-refractivity contribution is -0.140. The van der Waals surface area contributed by atoms with Crippen LogP contribution in [-0.4, -0.2) is 28.2 Å². The van der Waals surface area contributed by atoms with Gasteiger partial charge in [0.25, 0.3) is 11.7 Å². The number of benzene rings is 2. The number of aliphatic hydroxyl groups excluding tert-OH is 1. The molecule has 1 fully saturated rings. The summed E-state index contributed by atoms with van der Waals surface area (Å²) in [5, 5.41) is 10.8. The van der Waals surface area contributed by atoms with Gasteiger partial charge in [-0.15, -0.1) is 0 Å². The number of aryl methyl sites for hydroxylation is 1. The molecular weight excluding hydrogens is 345 g/mol. The molecule has 0 unspecified atom stereocenters. The van der Waals surface area contributed by atoms with Crippen molar-refractivity contribution >= 4 is 17.4 Å². The molecule has 1 heterocycles. The van der Waals surface area contributed by atoms with Crippen molar-refractivity contribution in [2.45, 2.75) is 26.8 Å². The van der Waals surface area contributed by atoms with E-state index >= 15 is 0 Å². The minimum atomic E-state index is -0.815. The number of likely N-dealkylation sites (tertiary alicyclic amines) is 1. The Morgan fingerprint density at radius 3 is 2.41 bits per heavy atom. The Morgan fingerprint density at radius 1 is 1.15 bits per heavy atom. The second kappa shape index (κ2) is 7.35. The molecule has 0 aliphatic carbocycles. The van der Waals surface area contributed by atoms with Crippen molar-refractivity contribution in [2.24, 2.45) is 5.92 Å². The molecule has 1 aliphatic rings. The van der Waals surface area contributed by atoms with Gasteiger partial charge in [-0.05, 0) is 30.5 Å². The van der Waals surface area contributed by atoms with Gasteiger partial charge in [-0.25, -0.2) is 4.39 Å². The van der Waals surface area contributed by atoms with Crippen molar-refractivity contribution in [3.8, 4) is 0 Å². The number of amides is 1. The van der Waals surface area contributed by atoms with Gasteiger partial charge in [0.1, 0.15) is 11.6 Å². The topological polar surface area (TPSA) is 57.6 Å². The largest absolute Gasteiger partial charge is 0.507 e. The number of ketones is 1. The minimum absolute atomic E-state index is 0.00453. The lowest BCUT2D eigenvalue weighted by Gasteiger charge is -2.26. The Labute approximate surface area is 157 Å². The van der Waals surface area contributed by atoms with E-state index in [4.69, 9.17) is 0 Å². The summed E-state index contributed by atoms with van der Waals surface area (Å²) in [4.78, 5) is 26.8. The lowest BCUT2D eigenvalue weighted by atomic mass is 9.94. The van der Waals surface area contributed by atoms with E-state index in [0.29, 0.717) is 17.7 Å². The van der Waals surface area contributed by atoms with Gasteiger partial charge >= 0.3 is 0 Å². The van der Waals surface area contributed by atoms with Crippen LogP contribution in [0, 0.1) is 18.7 Å². The van der Waals surface area contributed by atoms with Gasteiger partial charge in [0.05, 0.1) is 11.6 Å². The van der Waals surface area contributed by atoms with Crippen LogP contribution in [0.25, 0.3) is 5.76 Å². The van der Waals surface area contributed by atoms with E-state index < -0.39 is 23.5 Å². The molecule has 1 aliphatic heterocycles. The molecule has 4 nitrogen and oxygen atoms in total. The summed E-state index contributed by atoms with van der Waals surface area (Å²) < 4.78 is 13.8. The zero-order valence-electron chi connectivity index (χ0n) is 15.6. The molecule has 27 heavy (non-hydrogen) atoms. The molecule has 0 saturated carbocycles. The summed E-state index contributed by atoms with van der Waals surface area (Å²) in [5.41, 5.74) is 1.91. The molecule has 0 radical (unpaired) electrons. The number of rotatable bonds is 4. The second-order valence-electron chi connectivity index (χ2n) is 7.27. The van der Waals surface area contributed by atoms with E-state index in [1.807, 2.05) is 32.9 Å². The Bertz CT molecular complexity index is 915. The summed E-state index contributed by atoms with van der Waals surface area (Å²) in [6, 6.07) is 12.0. The number of carbonyl (C=O) groups is 2. The molecular formula is C22H22FNO3. The molecule has 3 rings (SSSR count). The van der Waals surface area contributed by atoms with Gasteiger partial charge in [-0.1, -0.05) is 55.8 Å². The highest BCUT2D eigenvalue weighted by Crippen LogP contribution is 2.39. The molecule has 0 bridgehead atoms. The molecule has 2 aromatic rings. The first-order valence-corrected chi connectivity index (χ1v) is 8.90. The average molecular weight is 367 g/mol. The molecule has 0 aromatic heterocycles. The fourth-order valence-electron chi connectivity index (χ4n) is 3.35. The van der Waals surface area contributed by atoms with Gasteiger partial charge in [0.15, 0.2) is 0 Å². The molecule has 0 spiro atoms. The third-order valence-corrected chi connectivity index (χ3v) is 4.59. The highest BCUT2D eigenvalue weighted by molar-refractivity contribution is 6.46. The van der Waals surface area contributed by atoms with Crippen molar-refractivity contribution in [1.82, 2.24) is 4.90 Å². The van der Waals surface area contributed by atoms with Gasteiger partial charge in [0.2, 0.25) is 0 Å². The summed E-state index contributed by atoms with van der Waals surface area (Å²) in [7, 11) is 0. The first kappa shape index (κ1) is 18.8. The molecule has 1 saturated heterocycles. The number of carbonyl (C=O) groups excluding carboxylic acids is 2. The zero-order chi connectivity index (χ0) is 19.7. The van der Waals surface area contributed by atoms with Crippen LogP contribution in [0.2, 0.25) is 0 Å². The Morgan fingerprint density at radius 2 is 1.81 bits per heavy atom. The van der Waals surface area contributed by atoms with Crippen LogP contribution in [0.1, 0.15) is 36.6 Å². The molecule has 1 N–H and O–H groups in total. The van der Waals surface area contributed by atoms with Crippen LogP contribution in [-0.2, 0) is 9.59 Å². The van der Waals surface area contributed by atoms with E-state index in [1.54, 1.807) is 18.2 Å². The van der Waals surface area contributed by atoms with Crippen molar-refractivity contribution in [1.29, 1.82) is 0 Å². The average Bonchev–Trinajstić information content (AvgIpc) is 2.86. The van der Waals surface area contributed by atoms with Crippen LogP contribution >= 0.6 is 0 Å². The van der Waals surface area contributed by atoms with E-state index in [-0.39, 0.29) is 17.3 Å². The summed E-state index contributed by atoms with van der Waals surface area (Å²) in [6.07, 6.45) is 0. The normalized spacial score (nSPS) is 19.1. The lowest BCUT2D eigenvalue weighted by Crippen LogP contribution is -2.33. The van der Waals surface area contributed by atoms with Crippen LogP contribution in [0.4, 0.5) is 4.39 Å². The van der Waals surface area contributed by atoms with E-state index in [2.05, 4.69) is 0 Å². The molecule has 5 heteroatoms. The first-order valence-electron chi connectivity index (χ1n) is 8.90. The third kappa shape index (κ3) is 3.63. The van der Waals surface area contributed by atoms with Gasteiger partial charge < -0.3 is 10.0 Å². The van der Waals surface area contributed by atoms with E-state index in [9.17, 15) is 19.1 Å².